The number of aliphatic carboxylic acids is 1. The maximum atomic E-state index is 13.0. The first-order valence-corrected chi connectivity index (χ1v) is 4.72. The van der Waals surface area contributed by atoms with Crippen molar-refractivity contribution < 1.29 is 18.7 Å². The van der Waals surface area contributed by atoms with Crippen molar-refractivity contribution >= 4 is 5.97 Å². The fourth-order valence-electron chi connectivity index (χ4n) is 2.77. The van der Waals surface area contributed by atoms with E-state index in [0.717, 1.165) is 0 Å². The number of rotatable bonds is 1. The summed E-state index contributed by atoms with van der Waals surface area (Å²) in [5.74, 6) is -3.86. The number of alkyl halides is 2. The maximum Gasteiger partial charge on any atom is 0.324 e. The van der Waals surface area contributed by atoms with Gasteiger partial charge in [0.25, 0.3) is 0 Å². The van der Waals surface area contributed by atoms with E-state index < -0.39 is 22.8 Å². The van der Waals surface area contributed by atoms with Crippen LogP contribution in [0.25, 0.3) is 0 Å². The van der Waals surface area contributed by atoms with Gasteiger partial charge < -0.3 is 10.8 Å². The van der Waals surface area contributed by atoms with E-state index in [2.05, 4.69) is 0 Å². The Bertz CT molecular complexity index is 295. The number of halogens is 2. The first-order chi connectivity index (χ1) is 6.31. The van der Waals surface area contributed by atoms with E-state index in [1.54, 1.807) is 0 Å². The van der Waals surface area contributed by atoms with Crippen LogP contribution in [-0.4, -0.2) is 22.5 Å². The molecule has 0 heterocycles. The van der Waals surface area contributed by atoms with E-state index in [9.17, 15) is 13.6 Å². The minimum absolute atomic E-state index is 0.223. The van der Waals surface area contributed by atoms with E-state index >= 15 is 0 Å². The molecular formula is C9H13F2NO2. The number of hydrogen-bond acceptors (Lipinski definition) is 2. The molecule has 80 valence electrons. The highest BCUT2D eigenvalue weighted by Crippen LogP contribution is 2.62. The van der Waals surface area contributed by atoms with Crippen molar-refractivity contribution in [1.29, 1.82) is 0 Å². The van der Waals surface area contributed by atoms with E-state index in [-0.39, 0.29) is 19.3 Å². The van der Waals surface area contributed by atoms with E-state index in [4.69, 9.17) is 10.8 Å². The standard InChI is InChI=1S/C9H13F2NO2/c10-8(11)3-1-7(5-8)2-4-9(7,12)6(13)14/h1-5,12H2,(H,13,14). The minimum Gasteiger partial charge on any atom is -0.480 e. The number of nitrogens with two attached hydrogens (primary N) is 1. The number of carboxylic acids is 1. The summed E-state index contributed by atoms with van der Waals surface area (Å²) in [6.45, 7) is 0. The second-order valence-corrected chi connectivity index (χ2v) is 4.59. The molecule has 0 aromatic rings. The minimum atomic E-state index is -2.72. The molecule has 0 bridgehead atoms. The molecule has 5 heteroatoms. The zero-order valence-corrected chi connectivity index (χ0v) is 7.72. The third-order valence-corrected chi connectivity index (χ3v) is 3.89. The highest BCUT2D eigenvalue weighted by molar-refractivity contribution is 5.81. The molecule has 2 aliphatic rings. The summed E-state index contributed by atoms with van der Waals surface area (Å²) in [4.78, 5) is 10.9. The first-order valence-electron chi connectivity index (χ1n) is 4.72. The van der Waals surface area contributed by atoms with Crippen LogP contribution in [0.4, 0.5) is 8.78 Å². The van der Waals surface area contributed by atoms with Crippen LogP contribution in [0.3, 0.4) is 0 Å². The van der Waals surface area contributed by atoms with Gasteiger partial charge in [-0.2, -0.15) is 0 Å². The number of carboxylic acid groups (broad SMARTS) is 1. The van der Waals surface area contributed by atoms with Crippen LogP contribution in [0.5, 0.6) is 0 Å². The Hall–Kier alpha value is -0.710. The van der Waals surface area contributed by atoms with Gasteiger partial charge in [-0.1, -0.05) is 0 Å². The molecule has 2 fully saturated rings. The second kappa shape index (κ2) is 2.45. The molecule has 2 atom stereocenters. The van der Waals surface area contributed by atoms with Gasteiger partial charge in [-0.15, -0.1) is 0 Å². The van der Waals surface area contributed by atoms with Gasteiger partial charge in [0.05, 0.1) is 0 Å². The SMILES string of the molecule is NC1(C(=O)O)CCC12CCC(F)(F)C2. The highest BCUT2D eigenvalue weighted by Gasteiger charge is 2.67. The number of carbonyl (C=O) groups is 1. The highest BCUT2D eigenvalue weighted by atomic mass is 19.3. The van der Waals surface area contributed by atoms with Crippen molar-refractivity contribution in [2.75, 3.05) is 0 Å². The quantitative estimate of drug-likeness (QED) is 0.679. The molecule has 2 rings (SSSR count). The molecule has 3 N–H and O–H groups in total. The Kier molecular flexibility index (Phi) is 1.72. The topological polar surface area (TPSA) is 63.3 Å². The van der Waals surface area contributed by atoms with Crippen molar-refractivity contribution in [2.24, 2.45) is 11.1 Å². The summed E-state index contributed by atoms with van der Waals surface area (Å²) < 4.78 is 26.0. The Morgan fingerprint density at radius 1 is 1.21 bits per heavy atom. The van der Waals surface area contributed by atoms with Crippen LogP contribution >= 0.6 is 0 Å². The van der Waals surface area contributed by atoms with Gasteiger partial charge in [-0.3, -0.25) is 4.79 Å². The average molecular weight is 205 g/mol. The van der Waals surface area contributed by atoms with E-state index in [1.807, 2.05) is 0 Å². The van der Waals surface area contributed by atoms with Crippen LogP contribution in [0.1, 0.15) is 32.1 Å². The Morgan fingerprint density at radius 2 is 1.79 bits per heavy atom. The predicted octanol–water partition coefficient (Wildman–Crippen LogP) is 1.37. The molecule has 0 aromatic carbocycles. The van der Waals surface area contributed by atoms with E-state index in [0.29, 0.717) is 12.8 Å². The van der Waals surface area contributed by atoms with Crippen LogP contribution in [0.15, 0.2) is 0 Å². The lowest BCUT2D eigenvalue weighted by Crippen LogP contribution is -2.67. The maximum absolute atomic E-state index is 13.0. The van der Waals surface area contributed by atoms with E-state index in [1.165, 1.54) is 0 Å². The fourth-order valence-corrected chi connectivity index (χ4v) is 2.77. The third kappa shape index (κ3) is 1.02. The average Bonchev–Trinajstić information content (AvgIpc) is 2.41. The molecular weight excluding hydrogens is 192 g/mol. The van der Waals surface area contributed by atoms with Gasteiger partial charge in [-0.05, 0) is 19.3 Å². The summed E-state index contributed by atoms with van der Waals surface area (Å²) in [6.07, 6.45) is 0.495. The van der Waals surface area contributed by atoms with Gasteiger partial charge in [0.2, 0.25) is 5.92 Å². The molecule has 2 saturated carbocycles. The van der Waals surface area contributed by atoms with Crippen molar-refractivity contribution in [3.63, 3.8) is 0 Å². The van der Waals surface area contributed by atoms with Crippen molar-refractivity contribution in [1.82, 2.24) is 0 Å². The third-order valence-electron chi connectivity index (χ3n) is 3.89. The zero-order chi connectivity index (χ0) is 10.6. The Balaban J connectivity index is 2.24. The molecule has 1 spiro atoms. The van der Waals surface area contributed by atoms with Crippen LogP contribution in [0.2, 0.25) is 0 Å². The molecule has 3 nitrogen and oxygen atoms in total. The van der Waals surface area contributed by atoms with Gasteiger partial charge in [0, 0.05) is 18.3 Å². The zero-order valence-electron chi connectivity index (χ0n) is 7.72. The van der Waals surface area contributed by atoms with Gasteiger partial charge in [0.15, 0.2) is 0 Å². The van der Waals surface area contributed by atoms with Crippen molar-refractivity contribution in [2.45, 2.75) is 43.6 Å². The normalized spacial score (nSPS) is 45.1. The van der Waals surface area contributed by atoms with Crippen LogP contribution < -0.4 is 5.73 Å². The predicted molar refractivity (Wildman–Crippen MR) is 45.0 cm³/mol. The van der Waals surface area contributed by atoms with Crippen molar-refractivity contribution in [3.05, 3.63) is 0 Å². The summed E-state index contributed by atoms with van der Waals surface area (Å²) in [7, 11) is 0. The lowest BCUT2D eigenvalue weighted by molar-refractivity contribution is -0.160. The summed E-state index contributed by atoms with van der Waals surface area (Å²) in [6, 6.07) is 0. The molecule has 0 amide bonds. The molecule has 0 radical (unpaired) electrons. The molecule has 2 aliphatic carbocycles. The van der Waals surface area contributed by atoms with Gasteiger partial charge >= 0.3 is 5.97 Å². The Morgan fingerprint density at radius 3 is 2.07 bits per heavy atom. The molecule has 2 unspecified atom stereocenters. The first kappa shape index (κ1) is 9.83. The van der Waals surface area contributed by atoms with Crippen molar-refractivity contribution in [3.8, 4) is 0 Å². The van der Waals surface area contributed by atoms with Gasteiger partial charge in [-0.25, -0.2) is 8.78 Å². The van der Waals surface area contributed by atoms with Gasteiger partial charge in [0.1, 0.15) is 5.54 Å². The fraction of sp³-hybridized carbons (Fsp3) is 0.889. The van der Waals surface area contributed by atoms with Crippen LogP contribution in [0, 0.1) is 5.41 Å². The smallest absolute Gasteiger partial charge is 0.324 e. The lowest BCUT2D eigenvalue weighted by atomic mass is 9.54. The molecule has 0 aromatic heterocycles. The molecule has 0 aliphatic heterocycles. The summed E-state index contributed by atoms with van der Waals surface area (Å²) >= 11 is 0. The number of hydrogen-bond donors (Lipinski definition) is 2. The lowest BCUT2D eigenvalue weighted by Gasteiger charge is -2.52. The molecule has 0 saturated heterocycles. The van der Waals surface area contributed by atoms with Crippen LogP contribution in [-0.2, 0) is 4.79 Å². The monoisotopic (exact) mass is 205 g/mol. The summed E-state index contributed by atoms with van der Waals surface area (Å²) in [5, 5.41) is 8.92. The largest absolute Gasteiger partial charge is 0.480 e. The Labute approximate surface area is 80.3 Å². The molecule has 14 heavy (non-hydrogen) atoms. The second-order valence-electron chi connectivity index (χ2n) is 4.59. The summed E-state index contributed by atoms with van der Waals surface area (Å²) in [5.41, 5.74) is 3.42.